The molecule has 1 aromatic carbocycles. The van der Waals surface area contributed by atoms with Gasteiger partial charge in [0, 0.05) is 19.2 Å². The lowest BCUT2D eigenvalue weighted by molar-refractivity contribution is 0.122. The van der Waals surface area contributed by atoms with Crippen LogP contribution in [-0.4, -0.2) is 46.2 Å². The van der Waals surface area contributed by atoms with Crippen molar-refractivity contribution in [2.24, 2.45) is 0 Å². The Hall–Kier alpha value is -2.81. The zero-order valence-electron chi connectivity index (χ0n) is 13.2. The van der Waals surface area contributed by atoms with Gasteiger partial charge in [-0.3, -0.25) is 4.79 Å². The summed E-state index contributed by atoms with van der Waals surface area (Å²) < 4.78 is 32.4. The van der Waals surface area contributed by atoms with Crippen molar-refractivity contribution in [1.82, 2.24) is 19.9 Å². The molecule has 0 unspecified atom stereocenters. The number of hydrogen-bond donors (Lipinski definition) is 2. The Bertz CT molecular complexity index is 978. The lowest BCUT2D eigenvalue weighted by Gasteiger charge is -2.27. The zero-order chi connectivity index (χ0) is 17.4. The van der Waals surface area contributed by atoms with Gasteiger partial charge in [-0.15, -0.1) is 0 Å². The number of aromatic amines is 2. The fourth-order valence-electron chi connectivity index (χ4n) is 2.84. The van der Waals surface area contributed by atoms with Gasteiger partial charge >= 0.3 is 0 Å². The number of nitrogens with one attached hydrogen (secondary N) is 2. The minimum absolute atomic E-state index is 0.00156. The Morgan fingerprint density at radius 1 is 1.12 bits per heavy atom. The molecule has 3 heterocycles. The Morgan fingerprint density at radius 2 is 1.88 bits per heavy atom. The Labute approximate surface area is 140 Å². The van der Waals surface area contributed by atoms with Crippen LogP contribution in [-0.2, 0) is 11.2 Å². The monoisotopic (exact) mass is 347 g/mol. The van der Waals surface area contributed by atoms with Gasteiger partial charge in [-0.2, -0.15) is 0 Å². The number of hydrogen-bond acceptors (Lipinski definition) is 5. The van der Waals surface area contributed by atoms with Crippen molar-refractivity contribution in [1.29, 1.82) is 0 Å². The highest BCUT2D eigenvalue weighted by atomic mass is 19.2. The first-order chi connectivity index (χ1) is 12.1. The van der Waals surface area contributed by atoms with Crippen molar-refractivity contribution in [3.63, 3.8) is 0 Å². The molecule has 9 heteroatoms. The van der Waals surface area contributed by atoms with Crippen molar-refractivity contribution in [2.45, 2.75) is 6.42 Å². The molecule has 1 aliphatic rings. The topological polar surface area (TPSA) is 86.9 Å². The minimum atomic E-state index is -0.972. The molecule has 0 saturated carbocycles. The van der Waals surface area contributed by atoms with Gasteiger partial charge in [-0.05, 0) is 12.1 Å². The maximum atomic E-state index is 13.8. The van der Waals surface area contributed by atoms with E-state index in [0.29, 0.717) is 49.3 Å². The number of ether oxygens (including phenoxy) is 1. The summed E-state index contributed by atoms with van der Waals surface area (Å²) >= 11 is 0. The van der Waals surface area contributed by atoms with Crippen LogP contribution in [0.5, 0.6) is 0 Å². The highest BCUT2D eigenvalue weighted by molar-refractivity contribution is 5.75. The van der Waals surface area contributed by atoms with Gasteiger partial charge in [0.25, 0.3) is 5.56 Å². The number of H-pyrrole nitrogens is 2. The van der Waals surface area contributed by atoms with E-state index in [1.807, 2.05) is 4.90 Å². The third-order valence-corrected chi connectivity index (χ3v) is 4.04. The second kappa shape index (κ2) is 6.25. The van der Waals surface area contributed by atoms with Crippen LogP contribution in [0.25, 0.3) is 11.0 Å². The molecule has 3 aromatic rings. The number of halogens is 2. The van der Waals surface area contributed by atoms with Crippen LogP contribution >= 0.6 is 0 Å². The number of imidazole rings is 1. The minimum Gasteiger partial charge on any atom is -0.378 e. The maximum Gasteiger partial charge on any atom is 0.252 e. The van der Waals surface area contributed by atoms with Gasteiger partial charge in [0.2, 0.25) is 0 Å². The summed E-state index contributed by atoms with van der Waals surface area (Å²) in [4.78, 5) is 28.0. The van der Waals surface area contributed by atoms with Gasteiger partial charge < -0.3 is 19.6 Å². The van der Waals surface area contributed by atoms with E-state index in [2.05, 4.69) is 19.9 Å². The number of anilines is 1. The summed E-state index contributed by atoms with van der Waals surface area (Å²) in [5.41, 5.74) is 0.0436. The van der Waals surface area contributed by atoms with E-state index in [1.165, 1.54) is 12.1 Å². The molecular weight excluding hydrogens is 332 g/mol. The number of benzene rings is 1. The first kappa shape index (κ1) is 15.7. The number of morpholine rings is 1. The molecule has 25 heavy (non-hydrogen) atoms. The van der Waals surface area contributed by atoms with E-state index >= 15 is 0 Å². The molecule has 1 saturated heterocycles. The highest BCUT2D eigenvalue weighted by Crippen LogP contribution is 2.19. The molecule has 2 aromatic heterocycles. The fourth-order valence-corrected chi connectivity index (χ4v) is 2.84. The van der Waals surface area contributed by atoms with Gasteiger partial charge in [0.05, 0.1) is 25.2 Å². The highest BCUT2D eigenvalue weighted by Gasteiger charge is 2.16. The van der Waals surface area contributed by atoms with Crippen molar-refractivity contribution < 1.29 is 13.5 Å². The lowest BCUT2D eigenvalue weighted by atomic mass is 10.3. The normalized spacial score (nSPS) is 15.0. The largest absolute Gasteiger partial charge is 0.378 e. The van der Waals surface area contributed by atoms with E-state index in [9.17, 15) is 13.6 Å². The van der Waals surface area contributed by atoms with E-state index in [4.69, 9.17) is 4.74 Å². The van der Waals surface area contributed by atoms with E-state index in [1.54, 1.807) is 0 Å². The quantitative estimate of drug-likeness (QED) is 0.747. The molecule has 7 nitrogen and oxygen atoms in total. The molecule has 0 radical (unpaired) electrons. The maximum absolute atomic E-state index is 13.8. The number of rotatable bonds is 3. The van der Waals surface area contributed by atoms with E-state index in [0.717, 1.165) is 6.07 Å². The van der Waals surface area contributed by atoms with Gasteiger partial charge in [0.1, 0.15) is 23.0 Å². The molecular formula is C16H15F2N5O2. The molecule has 0 atom stereocenters. The molecule has 4 rings (SSSR count). The molecule has 0 aliphatic carbocycles. The third kappa shape index (κ3) is 3.10. The van der Waals surface area contributed by atoms with Crippen molar-refractivity contribution in [3.05, 3.63) is 51.8 Å². The van der Waals surface area contributed by atoms with Crippen LogP contribution in [0.2, 0.25) is 0 Å². The van der Waals surface area contributed by atoms with Gasteiger partial charge in [-0.1, -0.05) is 0 Å². The summed E-state index contributed by atoms with van der Waals surface area (Å²) in [6.07, 6.45) is 0.170. The molecule has 0 spiro atoms. The van der Waals surface area contributed by atoms with Crippen LogP contribution in [0.4, 0.5) is 14.6 Å². The summed E-state index contributed by atoms with van der Waals surface area (Å²) in [5, 5.41) is 0. The van der Waals surface area contributed by atoms with Crippen LogP contribution < -0.4 is 10.5 Å². The summed E-state index contributed by atoms with van der Waals surface area (Å²) in [7, 11) is 0. The molecule has 1 fully saturated rings. The average Bonchev–Trinajstić information content (AvgIpc) is 3.02. The van der Waals surface area contributed by atoms with Crippen LogP contribution in [0.1, 0.15) is 11.6 Å². The smallest absolute Gasteiger partial charge is 0.252 e. The van der Waals surface area contributed by atoms with Gasteiger partial charge in [-0.25, -0.2) is 18.7 Å². The molecule has 0 bridgehead atoms. The second-order valence-corrected chi connectivity index (χ2v) is 5.77. The number of fused-ring (bicyclic) bond motifs is 1. The SMILES string of the molecule is O=c1cc(N2CCOCC2)nc(Cc2nc3ccc(F)c(F)c3[nH]2)[nH]1. The van der Waals surface area contributed by atoms with Crippen LogP contribution in [0.3, 0.4) is 0 Å². The van der Waals surface area contributed by atoms with Crippen molar-refractivity contribution >= 4 is 16.9 Å². The van der Waals surface area contributed by atoms with E-state index < -0.39 is 11.6 Å². The molecule has 130 valence electrons. The first-order valence-electron chi connectivity index (χ1n) is 7.86. The van der Waals surface area contributed by atoms with Crippen molar-refractivity contribution in [3.8, 4) is 0 Å². The molecule has 1 aliphatic heterocycles. The lowest BCUT2D eigenvalue weighted by Crippen LogP contribution is -2.37. The predicted molar refractivity (Wildman–Crippen MR) is 86.7 cm³/mol. The predicted octanol–water partition coefficient (Wildman–Crippen LogP) is 1.35. The Morgan fingerprint density at radius 3 is 2.68 bits per heavy atom. The number of nitrogens with zero attached hydrogens (tertiary/aromatic N) is 3. The average molecular weight is 347 g/mol. The summed E-state index contributed by atoms with van der Waals surface area (Å²) in [6, 6.07) is 3.86. The summed E-state index contributed by atoms with van der Waals surface area (Å²) in [5.74, 6) is -0.561. The zero-order valence-corrected chi connectivity index (χ0v) is 13.2. The third-order valence-electron chi connectivity index (χ3n) is 4.04. The first-order valence-corrected chi connectivity index (χ1v) is 7.86. The van der Waals surface area contributed by atoms with Gasteiger partial charge in [0.15, 0.2) is 11.6 Å². The fraction of sp³-hybridized carbons (Fsp3) is 0.312. The van der Waals surface area contributed by atoms with Crippen molar-refractivity contribution in [2.75, 3.05) is 31.2 Å². The second-order valence-electron chi connectivity index (χ2n) is 5.77. The van der Waals surface area contributed by atoms with Crippen LogP contribution in [0.15, 0.2) is 23.0 Å². The Kier molecular flexibility index (Phi) is 3.92. The molecule has 2 N–H and O–H groups in total. The standard InChI is InChI=1S/C16H15F2N5O2/c17-9-1-2-10-16(15(9)18)22-11(19-10)7-12-20-13(8-14(24)21-12)23-3-5-25-6-4-23/h1-2,8H,3-7H2,(H,19,22)(H,20,21,24). The molecule has 0 amide bonds. The van der Waals surface area contributed by atoms with E-state index in [-0.39, 0.29) is 17.5 Å². The summed E-state index contributed by atoms with van der Waals surface area (Å²) in [6.45, 7) is 2.48. The Balaban J connectivity index is 1.65. The van der Waals surface area contributed by atoms with Crippen LogP contribution in [0, 0.1) is 11.6 Å². The number of aromatic nitrogens is 4.